The second kappa shape index (κ2) is 42.1. The third-order valence-corrected chi connectivity index (χ3v) is 13.9. The van der Waals surface area contributed by atoms with Crippen LogP contribution in [0, 0.1) is 0 Å². The van der Waals surface area contributed by atoms with E-state index in [4.69, 9.17) is 0 Å². The Kier molecular flexibility index (Phi) is 38.8. The van der Waals surface area contributed by atoms with Gasteiger partial charge in [-0.2, -0.15) is 10.2 Å². The molecule has 5 aromatic heterocycles. The normalized spacial score (nSPS) is 16.3. The summed E-state index contributed by atoms with van der Waals surface area (Å²) in [5.74, 6) is 0. The molecule has 12 heteroatoms. The van der Waals surface area contributed by atoms with Gasteiger partial charge in [0.25, 0.3) is 0 Å². The minimum Gasteiger partial charge on any atom is -0.352 e. The van der Waals surface area contributed by atoms with E-state index in [9.17, 15) is 0 Å². The topological polar surface area (TPSA) is 76.3 Å². The van der Waals surface area contributed by atoms with Crippen molar-refractivity contribution in [3.63, 3.8) is 0 Å². The number of imidazole rings is 1. The Hall–Kier alpha value is -3.97. The minimum atomic E-state index is 0.491. The van der Waals surface area contributed by atoms with Gasteiger partial charge in [0.15, 0.2) is 0 Å². The van der Waals surface area contributed by atoms with Crippen LogP contribution in [0.2, 0.25) is 0 Å². The molecule has 0 N–H and O–H groups in total. The molecule has 0 atom stereocenters. The van der Waals surface area contributed by atoms with E-state index in [1.54, 1.807) is 18.6 Å². The summed E-state index contributed by atoms with van der Waals surface area (Å²) in [4.78, 5) is 14.1. The average molecular weight is 1040 g/mol. The third-order valence-electron chi connectivity index (χ3n) is 13.9. The van der Waals surface area contributed by atoms with Crippen LogP contribution >= 0.6 is 0 Å². The Morgan fingerprint density at radius 2 is 0.533 bits per heavy atom. The van der Waals surface area contributed by atoms with Gasteiger partial charge < -0.3 is 33.3 Å². The Morgan fingerprint density at radius 3 is 0.707 bits per heavy atom. The minimum absolute atomic E-state index is 0.491. The monoisotopic (exact) mass is 1040 g/mol. The van der Waals surface area contributed by atoms with Crippen molar-refractivity contribution in [3.8, 4) is 0 Å². The number of aromatic nitrogens is 8. The Balaban J connectivity index is 0.000000423. The van der Waals surface area contributed by atoms with Crippen molar-refractivity contribution in [2.24, 2.45) is 0 Å². The van der Waals surface area contributed by atoms with Gasteiger partial charge in [-0.1, -0.05) is 25.7 Å². The first-order valence-electron chi connectivity index (χ1n) is 29.9. The van der Waals surface area contributed by atoms with Crippen molar-refractivity contribution in [2.75, 3.05) is 52.4 Å². The van der Waals surface area contributed by atoms with Gasteiger partial charge in [-0.15, -0.1) is 0 Å². The lowest BCUT2D eigenvalue weighted by molar-refractivity contribution is 0.138. The van der Waals surface area contributed by atoms with Crippen molar-refractivity contribution >= 4 is 0 Å². The maximum atomic E-state index is 4.03. The molecule has 4 fully saturated rings. The molecule has 0 radical (unpaired) electrons. The van der Waals surface area contributed by atoms with Crippen LogP contribution in [0.3, 0.4) is 0 Å². The summed E-state index contributed by atoms with van der Waals surface area (Å²) < 4.78 is 10.2. The van der Waals surface area contributed by atoms with Crippen LogP contribution in [-0.4, -0.2) is 134 Å². The molecule has 0 saturated carbocycles. The van der Waals surface area contributed by atoms with Crippen LogP contribution in [-0.2, 0) is 0 Å². The van der Waals surface area contributed by atoms with E-state index >= 15 is 0 Å². The maximum absolute atomic E-state index is 4.03. The molecule has 4 aliphatic heterocycles. The summed E-state index contributed by atoms with van der Waals surface area (Å²) in [5.41, 5.74) is 0. The van der Waals surface area contributed by atoms with Gasteiger partial charge in [-0.05, 0) is 258 Å². The van der Waals surface area contributed by atoms with Crippen molar-refractivity contribution in [1.29, 1.82) is 0 Å². The Labute approximate surface area is 462 Å². The highest BCUT2D eigenvalue weighted by Crippen LogP contribution is 2.14. The lowest BCUT2D eigenvalue weighted by Gasteiger charge is -2.34. The fourth-order valence-electron chi connectivity index (χ4n) is 8.47. The molecular formula is C63H118N12. The van der Waals surface area contributed by atoms with E-state index in [-0.39, 0.29) is 0 Å². The molecule has 430 valence electrons. The summed E-state index contributed by atoms with van der Waals surface area (Å²) in [6, 6.07) is 17.8. The first kappa shape index (κ1) is 69.0. The van der Waals surface area contributed by atoms with Crippen molar-refractivity contribution in [1.82, 2.24) is 57.8 Å². The average Bonchev–Trinajstić information content (AvgIpc) is 4.21. The number of rotatable bonds is 9. The maximum Gasteiger partial charge on any atom is 0.0948 e. The van der Waals surface area contributed by atoms with Gasteiger partial charge in [0, 0.05) is 116 Å². The van der Waals surface area contributed by atoms with Crippen molar-refractivity contribution < 1.29 is 0 Å². The summed E-state index contributed by atoms with van der Waals surface area (Å²) in [6.07, 6.45) is 37.1. The molecule has 4 aliphatic rings. The number of hydrogen-bond acceptors (Lipinski definition) is 7. The lowest BCUT2D eigenvalue weighted by atomic mass is 10.1. The molecule has 0 aliphatic carbocycles. The molecule has 9 rings (SSSR count). The van der Waals surface area contributed by atoms with Crippen molar-refractivity contribution in [3.05, 3.63) is 105 Å². The first-order chi connectivity index (χ1) is 35.7. The second-order valence-corrected chi connectivity index (χ2v) is 23.1. The number of hydrogen-bond donors (Lipinski definition) is 0. The Bertz CT molecular complexity index is 1630. The highest BCUT2D eigenvalue weighted by Gasteiger charge is 2.16. The summed E-state index contributed by atoms with van der Waals surface area (Å²) in [5, 5.41) is 8.06. The van der Waals surface area contributed by atoms with E-state index < -0.39 is 0 Å². The van der Waals surface area contributed by atoms with E-state index in [2.05, 4.69) is 198 Å². The quantitative estimate of drug-likeness (QED) is 0.146. The largest absolute Gasteiger partial charge is 0.352 e. The highest BCUT2D eigenvalue weighted by atomic mass is 15.3. The van der Waals surface area contributed by atoms with Gasteiger partial charge in [-0.3, -0.25) is 9.36 Å². The van der Waals surface area contributed by atoms with Gasteiger partial charge >= 0.3 is 0 Å². The molecule has 0 amide bonds. The lowest BCUT2D eigenvalue weighted by Crippen LogP contribution is -2.41. The highest BCUT2D eigenvalue weighted by molar-refractivity contribution is 4.92. The fourth-order valence-corrected chi connectivity index (χ4v) is 8.47. The molecule has 0 aromatic carbocycles. The van der Waals surface area contributed by atoms with Crippen LogP contribution in [0.4, 0.5) is 0 Å². The zero-order valence-electron chi connectivity index (χ0n) is 51.8. The van der Waals surface area contributed by atoms with Crippen LogP contribution in [0.15, 0.2) is 105 Å². The molecule has 0 bridgehead atoms. The molecule has 5 aromatic rings. The fraction of sp³-hybridized carbons (Fsp3) is 0.730. The van der Waals surface area contributed by atoms with E-state index in [0.29, 0.717) is 30.2 Å². The van der Waals surface area contributed by atoms with Gasteiger partial charge in [0.1, 0.15) is 0 Å². The predicted molar refractivity (Wildman–Crippen MR) is 325 cm³/mol. The van der Waals surface area contributed by atoms with Crippen LogP contribution in [0.5, 0.6) is 0 Å². The zero-order chi connectivity index (χ0) is 56.0. The van der Waals surface area contributed by atoms with E-state index in [0.717, 1.165) is 24.2 Å². The third kappa shape index (κ3) is 33.7. The molecule has 9 heterocycles. The summed E-state index contributed by atoms with van der Waals surface area (Å²) in [7, 11) is 0. The van der Waals surface area contributed by atoms with Crippen LogP contribution in [0.25, 0.3) is 0 Å². The van der Waals surface area contributed by atoms with Crippen LogP contribution < -0.4 is 0 Å². The molecule has 0 spiro atoms. The number of likely N-dealkylation sites (tertiary alicyclic amines) is 4. The van der Waals surface area contributed by atoms with Gasteiger partial charge in [-0.25, -0.2) is 4.98 Å². The Morgan fingerprint density at radius 1 is 0.253 bits per heavy atom. The molecular weight excluding hydrogens is 925 g/mol. The van der Waals surface area contributed by atoms with E-state index in [1.165, 1.54) is 123 Å². The molecule has 12 nitrogen and oxygen atoms in total. The number of nitrogens with zero attached hydrogens (tertiary/aromatic N) is 12. The summed E-state index contributed by atoms with van der Waals surface area (Å²) >= 11 is 0. The first-order valence-corrected chi connectivity index (χ1v) is 29.9. The van der Waals surface area contributed by atoms with E-state index in [1.807, 2.05) is 70.7 Å². The smallest absolute Gasteiger partial charge is 0.0948 e. The van der Waals surface area contributed by atoms with Gasteiger partial charge in [0.2, 0.25) is 0 Å². The molecule has 4 saturated heterocycles. The standard InChI is InChI=1S/C10H21N.C8H17N.C7H15N.2C7H11N.3C6H10N2.C6H13N/c1-10(2)11-8-6-4-3-5-7-9-11;1-8(2)9-6-4-3-5-7-9;3*1-7(2)8-5-3-4-6-8;1-6(2)8-4-3-7-5-8;2*1-6(2)8-5-3-4-7-8;1-6(2)7-4-3-5-7/h10H,3-9H2,1-2H3;8H,3-7H2,1-2H3;7H,3-6H2,1-2H3;2*3-7H,1-2H3;3*3-6H,1-2H3;6H,3-5H2,1-2H3. The SMILES string of the molecule is CC(C)N1CCC1.CC(C)N1CCCC1.CC(C)N1CCCCC1.CC(C)N1CCCCCCC1.CC(C)n1cccc1.CC(C)n1cccc1.CC(C)n1cccn1.CC(C)n1cccn1.CC(C)n1ccnc1. The number of piperidine rings is 1. The predicted octanol–water partition coefficient (Wildman–Crippen LogP) is 15.7. The van der Waals surface area contributed by atoms with Crippen LogP contribution in [0.1, 0.15) is 225 Å². The van der Waals surface area contributed by atoms with Gasteiger partial charge in [0.05, 0.1) is 6.33 Å². The zero-order valence-corrected chi connectivity index (χ0v) is 51.8. The summed E-state index contributed by atoms with van der Waals surface area (Å²) in [6.45, 7) is 50.2. The van der Waals surface area contributed by atoms with Crippen molar-refractivity contribution in [2.45, 2.75) is 250 Å². The molecule has 0 unspecified atom stereocenters. The molecule has 75 heavy (non-hydrogen) atoms. The second-order valence-electron chi connectivity index (χ2n) is 23.1.